The van der Waals surface area contributed by atoms with Crippen LogP contribution in [0, 0.1) is 13.8 Å². The average Bonchev–Trinajstić information content (AvgIpc) is 2.93. The number of hydrogen-bond donors (Lipinski definition) is 2. The molecule has 39 heavy (non-hydrogen) atoms. The molecule has 0 unspecified atom stereocenters. The van der Waals surface area contributed by atoms with Gasteiger partial charge in [-0.3, -0.25) is 9.59 Å². The van der Waals surface area contributed by atoms with Gasteiger partial charge < -0.3 is 20.1 Å². The number of benzene rings is 3. The second-order valence-electron chi connectivity index (χ2n) is 10.3. The Bertz CT molecular complexity index is 1500. The van der Waals surface area contributed by atoms with Gasteiger partial charge in [-0.2, -0.15) is 0 Å². The van der Waals surface area contributed by atoms with E-state index in [1.807, 2.05) is 87.5 Å². The van der Waals surface area contributed by atoms with Gasteiger partial charge in [0.15, 0.2) is 17.3 Å². The van der Waals surface area contributed by atoms with Crippen LogP contribution in [0.1, 0.15) is 53.9 Å². The molecule has 3 aromatic rings. The zero-order valence-electron chi connectivity index (χ0n) is 23.1. The first-order chi connectivity index (χ1) is 18.8. The molecule has 2 aliphatic rings. The summed E-state index contributed by atoms with van der Waals surface area (Å²) < 4.78 is 10.9. The minimum Gasteiger partial charge on any atom is -0.493 e. The number of methoxy groups -OCH3 is 2. The van der Waals surface area contributed by atoms with Crippen LogP contribution in [0.2, 0.25) is 0 Å². The number of ketones is 1. The second kappa shape index (κ2) is 10.8. The highest BCUT2D eigenvalue weighted by atomic mass is 16.5. The fourth-order valence-electron chi connectivity index (χ4n) is 5.74. The van der Waals surface area contributed by atoms with Gasteiger partial charge in [-0.15, -0.1) is 0 Å². The summed E-state index contributed by atoms with van der Waals surface area (Å²) in [5.74, 6) is 0.663. The van der Waals surface area contributed by atoms with Gasteiger partial charge in [0, 0.05) is 40.6 Å². The summed E-state index contributed by atoms with van der Waals surface area (Å²) in [5.41, 5.74) is 7.76. The molecule has 2 N–H and O–H groups in total. The monoisotopic (exact) mass is 522 g/mol. The molecule has 0 bridgehead atoms. The Morgan fingerprint density at radius 1 is 0.897 bits per heavy atom. The number of hydrogen-bond acceptors (Lipinski definition) is 5. The van der Waals surface area contributed by atoms with Gasteiger partial charge in [0.1, 0.15) is 0 Å². The number of carbonyl (C=O) groups is 2. The summed E-state index contributed by atoms with van der Waals surface area (Å²) in [6.45, 7) is 5.96. The van der Waals surface area contributed by atoms with Crippen LogP contribution in [0.25, 0.3) is 0 Å². The lowest BCUT2D eigenvalue weighted by Gasteiger charge is -2.37. The van der Waals surface area contributed by atoms with Crippen molar-refractivity contribution in [2.24, 2.45) is 0 Å². The SMILES string of the molecule is COc1ccc([C@@H]2CC(=O)C3=C(C2)NC(C)=C(C(=O)Nc2ccc(C)cc2)[C@H]3c2ccccc2C)cc1OC. The standard InChI is InChI=1S/C33H34N2O4/c1-19-10-13-24(14-11-19)35-33(37)30-21(3)34-26-16-23(22-12-15-28(38-4)29(18-22)39-5)17-27(36)32(26)31(30)25-9-7-6-8-20(25)2/h6-15,18,23,31,34H,16-17H2,1-5H3,(H,35,37)/t23-,31+/m0/s1. The molecule has 1 heterocycles. The molecule has 200 valence electrons. The average molecular weight is 523 g/mol. The Morgan fingerprint density at radius 2 is 1.62 bits per heavy atom. The van der Waals surface area contributed by atoms with Crippen molar-refractivity contribution in [2.75, 3.05) is 19.5 Å². The molecular weight excluding hydrogens is 488 g/mol. The number of allylic oxidation sites excluding steroid dienone is 3. The quantitative estimate of drug-likeness (QED) is 0.396. The first kappa shape index (κ1) is 26.3. The summed E-state index contributed by atoms with van der Waals surface area (Å²) in [7, 11) is 3.22. The molecule has 0 aromatic heterocycles. The maximum atomic E-state index is 13.9. The third-order valence-corrected chi connectivity index (χ3v) is 7.76. The molecule has 6 nitrogen and oxygen atoms in total. The lowest BCUT2D eigenvalue weighted by molar-refractivity contribution is -0.116. The van der Waals surface area contributed by atoms with E-state index in [4.69, 9.17) is 9.47 Å². The van der Waals surface area contributed by atoms with Gasteiger partial charge in [-0.1, -0.05) is 48.0 Å². The smallest absolute Gasteiger partial charge is 0.254 e. The molecule has 1 aliphatic heterocycles. The lowest BCUT2D eigenvalue weighted by atomic mass is 9.71. The topological polar surface area (TPSA) is 76.7 Å². The number of Topliss-reactive ketones (excluding diaryl/α,β-unsaturated/α-hetero) is 1. The molecule has 0 radical (unpaired) electrons. The number of aryl methyl sites for hydroxylation is 2. The molecule has 6 heteroatoms. The third kappa shape index (κ3) is 5.07. The largest absolute Gasteiger partial charge is 0.493 e. The fraction of sp³-hybridized carbons (Fsp3) is 0.273. The van der Waals surface area contributed by atoms with Crippen molar-refractivity contribution < 1.29 is 19.1 Å². The molecular formula is C33H34N2O4. The van der Waals surface area contributed by atoms with Gasteiger partial charge in [0.05, 0.1) is 14.2 Å². The Hall–Kier alpha value is -4.32. The number of ether oxygens (including phenoxy) is 2. The maximum Gasteiger partial charge on any atom is 0.254 e. The van der Waals surface area contributed by atoms with E-state index in [0.717, 1.165) is 39.3 Å². The van der Waals surface area contributed by atoms with E-state index in [1.165, 1.54) is 0 Å². The van der Waals surface area contributed by atoms with Crippen LogP contribution in [0.15, 0.2) is 89.3 Å². The van der Waals surface area contributed by atoms with Crippen molar-refractivity contribution in [3.05, 3.63) is 112 Å². The highest BCUT2D eigenvalue weighted by Gasteiger charge is 2.41. The Kier molecular flexibility index (Phi) is 7.29. The van der Waals surface area contributed by atoms with E-state index in [1.54, 1.807) is 14.2 Å². The maximum absolute atomic E-state index is 13.9. The third-order valence-electron chi connectivity index (χ3n) is 7.76. The number of carbonyl (C=O) groups excluding carboxylic acids is 2. The number of nitrogens with one attached hydrogen (secondary N) is 2. The summed E-state index contributed by atoms with van der Waals surface area (Å²) in [6, 6.07) is 21.6. The van der Waals surface area contributed by atoms with E-state index in [-0.39, 0.29) is 17.6 Å². The van der Waals surface area contributed by atoms with Crippen molar-refractivity contribution in [3.63, 3.8) is 0 Å². The van der Waals surface area contributed by atoms with Crippen LogP contribution in [-0.2, 0) is 9.59 Å². The van der Waals surface area contributed by atoms with Crippen LogP contribution >= 0.6 is 0 Å². The van der Waals surface area contributed by atoms with E-state index in [9.17, 15) is 9.59 Å². The highest BCUT2D eigenvalue weighted by molar-refractivity contribution is 6.10. The van der Waals surface area contributed by atoms with Crippen LogP contribution < -0.4 is 20.1 Å². The van der Waals surface area contributed by atoms with Gasteiger partial charge >= 0.3 is 0 Å². The molecule has 1 aliphatic carbocycles. The lowest BCUT2D eigenvalue weighted by Crippen LogP contribution is -2.37. The Morgan fingerprint density at radius 3 is 2.31 bits per heavy atom. The van der Waals surface area contributed by atoms with E-state index < -0.39 is 5.92 Å². The van der Waals surface area contributed by atoms with Gasteiger partial charge in [0.2, 0.25) is 0 Å². The number of anilines is 1. The first-order valence-corrected chi connectivity index (χ1v) is 13.2. The first-order valence-electron chi connectivity index (χ1n) is 13.2. The van der Waals surface area contributed by atoms with Crippen molar-refractivity contribution >= 4 is 17.4 Å². The fourth-order valence-corrected chi connectivity index (χ4v) is 5.74. The van der Waals surface area contributed by atoms with Gasteiger partial charge in [-0.05, 0) is 74.1 Å². The summed E-state index contributed by atoms with van der Waals surface area (Å²) in [4.78, 5) is 27.7. The van der Waals surface area contributed by atoms with Crippen LogP contribution in [-0.4, -0.2) is 25.9 Å². The summed E-state index contributed by atoms with van der Waals surface area (Å²) in [6.07, 6.45) is 1.01. The van der Waals surface area contributed by atoms with Crippen LogP contribution in [0.5, 0.6) is 11.5 Å². The predicted octanol–water partition coefficient (Wildman–Crippen LogP) is 6.32. The molecule has 0 saturated heterocycles. The predicted molar refractivity (Wildman–Crippen MR) is 153 cm³/mol. The van der Waals surface area contributed by atoms with Crippen LogP contribution in [0.3, 0.4) is 0 Å². The molecule has 3 aromatic carbocycles. The molecule has 1 amide bonds. The highest BCUT2D eigenvalue weighted by Crippen LogP contribution is 2.47. The molecule has 5 rings (SSSR count). The number of amides is 1. The van der Waals surface area contributed by atoms with Crippen molar-refractivity contribution in [3.8, 4) is 11.5 Å². The van der Waals surface area contributed by atoms with Gasteiger partial charge in [-0.25, -0.2) is 0 Å². The summed E-state index contributed by atoms with van der Waals surface area (Å²) >= 11 is 0. The van der Waals surface area contributed by atoms with Gasteiger partial charge in [0.25, 0.3) is 5.91 Å². The normalized spacial score (nSPS) is 18.8. The molecule has 0 saturated carbocycles. The molecule has 2 atom stereocenters. The zero-order chi connectivity index (χ0) is 27.7. The van der Waals surface area contributed by atoms with E-state index in [0.29, 0.717) is 35.5 Å². The van der Waals surface area contributed by atoms with Crippen molar-refractivity contribution in [2.45, 2.75) is 45.4 Å². The number of rotatable bonds is 6. The Labute approximate surface area is 229 Å². The zero-order valence-corrected chi connectivity index (χ0v) is 23.1. The van der Waals surface area contributed by atoms with E-state index >= 15 is 0 Å². The second-order valence-corrected chi connectivity index (χ2v) is 10.3. The van der Waals surface area contributed by atoms with Crippen molar-refractivity contribution in [1.29, 1.82) is 0 Å². The summed E-state index contributed by atoms with van der Waals surface area (Å²) in [5, 5.41) is 6.53. The molecule has 0 fully saturated rings. The van der Waals surface area contributed by atoms with E-state index in [2.05, 4.69) is 10.6 Å². The minimum atomic E-state index is -0.452. The van der Waals surface area contributed by atoms with Crippen LogP contribution in [0.4, 0.5) is 5.69 Å². The minimum absolute atomic E-state index is 0.0168. The Balaban J connectivity index is 1.55. The molecule has 0 spiro atoms. The van der Waals surface area contributed by atoms with Crippen molar-refractivity contribution in [1.82, 2.24) is 5.32 Å². The number of dihydropyridines is 1.